The van der Waals surface area contributed by atoms with Gasteiger partial charge in [0.15, 0.2) is 6.29 Å². The predicted molar refractivity (Wildman–Crippen MR) is 46.0 cm³/mol. The molecular formula is C9H16O3. The number of hydrogen-bond donors (Lipinski definition) is 0. The Kier molecular flexibility index (Phi) is 7.91. The summed E-state index contributed by atoms with van der Waals surface area (Å²) in [4.78, 5) is 20.2. The molecule has 0 saturated carbocycles. The molecule has 0 saturated heterocycles. The summed E-state index contributed by atoms with van der Waals surface area (Å²) in [6.07, 6.45) is 4.79. The Morgan fingerprint density at radius 1 is 1.33 bits per heavy atom. The van der Waals surface area contributed by atoms with Crippen LogP contribution in [0.25, 0.3) is 0 Å². The molecule has 0 spiro atoms. The predicted octanol–water partition coefficient (Wildman–Crippen LogP) is 1.35. The van der Waals surface area contributed by atoms with Gasteiger partial charge >= 0.3 is 0 Å². The zero-order chi connectivity index (χ0) is 9.23. The smallest absolute Gasteiger partial charge is 0.220 e. The molecule has 0 N–H and O–H groups in total. The summed E-state index contributed by atoms with van der Waals surface area (Å²) < 4.78 is 4.95. The van der Waals surface area contributed by atoms with Crippen molar-refractivity contribution in [2.45, 2.75) is 32.6 Å². The third kappa shape index (κ3) is 7.41. The number of ether oxygens (including phenoxy) is 1. The molecule has 0 aliphatic heterocycles. The fraction of sp³-hybridized carbons (Fsp3) is 0.778. The number of unbranched alkanes of at least 4 members (excludes halogenated alkanes) is 3. The molecule has 12 heavy (non-hydrogen) atoms. The lowest BCUT2D eigenvalue weighted by molar-refractivity contribution is -0.132. The number of ketones is 1. The molecule has 0 atom stereocenters. The van der Waals surface area contributed by atoms with E-state index in [0.29, 0.717) is 12.9 Å². The second kappa shape index (κ2) is 8.40. The Morgan fingerprint density at radius 2 is 2.08 bits per heavy atom. The Hall–Kier alpha value is -0.700. The van der Waals surface area contributed by atoms with Gasteiger partial charge in [0.1, 0.15) is 6.61 Å². The van der Waals surface area contributed by atoms with E-state index in [2.05, 4.69) is 6.92 Å². The lowest BCUT2D eigenvalue weighted by atomic mass is 10.2. The highest BCUT2D eigenvalue weighted by Crippen LogP contribution is 1.98. The molecule has 70 valence electrons. The maximum Gasteiger partial charge on any atom is 0.220 e. The molecule has 0 unspecified atom stereocenters. The molecule has 0 aliphatic rings. The van der Waals surface area contributed by atoms with E-state index in [1.54, 1.807) is 0 Å². The van der Waals surface area contributed by atoms with Gasteiger partial charge in [0.2, 0.25) is 5.78 Å². The molecule has 0 aromatic rings. The minimum Gasteiger partial charge on any atom is -0.373 e. The monoisotopic (exact) mass is 172 g/mol. The average Bonchev–Trinajstić information content (AvgIpc) is 2.10. The van der Waals surface area contributed by atoms with Crippen LogP contribution in [0.4, 0.5) is 0 Å². The van der Waals surface area contributed by atoms with Crippen molar-refractivity contribution in [2.75, 3.05) is 13.2 Å². The Morgan fingerprint density at radius 3 is 2.67 bits per heavy atom. The first-order chi connectivity index (χ1) is 5.81. The van der Waals surface area contributed by atoms with Crippen LogP contribution < -0.4 is 0 Å². The fourth-order valence-electron chi connectivity index (χ4n) is 0.838. The van der Waals surface area contributed by atoms with E-state index < -0.39 is 5.78 Å². The van der Waals surface area contributed by atoms with Gasteiger partial charge in [-0.2, -0.15) is 0 Å². The third-order valence-electron chi connectivity index (χ3n) is 1.52. The topological polar surface area (TPSA) is 43.4 Å². The van der Waals surface area contributed by atoms with Gasteiger partial charge in [-0.05, 0) is 6.42 Å². The third-order valence-corrected chi connectivity index (χ3v) is 1.52. The van der Waals surface area contributed by atoms with Gasteiger partial charge in [0, 0.05) is 6.61 Å². The summed E-state index contributed by atoms with van der Waals surface area (Å²) in [5, 5.41) is 0. The normalized spacial score (nSPS) is 9.75. The number of hydrogen-bond acceptors (Lipinski definition) is 3. The molecule has 0 fully saturated rings. The first kappa shape index (κ1) is 11.3. The van der Waals surface area contributed by atoms with E-state index in [1.165, 1.54) is 12.8 Å². The summed E-state index contributed by atoms with van der Waals surface area (Å²) in [5.41, 5.74) is 0. The van der Waals surface area contributed by atoms with Gasteiger partial charge in [-0.25, -0.2) is 0 Å². The number of rotatable bonds is 8. The Labute approximate surface area is 73.1 Å². The number of aldehydes is 1. The maximum absolute atomic E-state index is 10.4. The van der Waals surface area contributed by atoms with Crippen LogP contribution in [0.15, 0.2) is 0 Å². The number of carbonyl (C=O) groups is 2. The van der Waals surface area contributed by atoms with Crippen LogP contribution in [0.2, 0.25) is 0 Å². The van der Waals surface area contributed by atoms with Gasteiger partial charge in [0.05, 0.1) is 0 Å². The number of Topliss-reactive ketones (excluding diaryl/α,β-unsaturated/α-hetero) is 1. The van der Waals surface area contributed by atoms with E-state index in [9.17, 15) is 9.59 Å². The van der Waals surface area contributed by atoms with Crippen molar-refractivity contribution in [3.05, 3.63) is 0 Å². The van der Waals surface area contributed by atoms with Crippen molar-refractivity contribution in [1.82, 2.24) is 0 Å². The molecule has 0 aromatic carbocycles. The van der Waals surface area contributed by atoms with E-state index >= 15 is 0 Å². The summed E-state index contributed by atoms with van der Waals surface area (Å²) >= 11 is 0. The van der Waals surface area contributed by atoms with Gasteiger partial charge < -0.3 is 4.74 Å². The first-order valence-corrected chi connectivity index (χ1v) is 4.37. The van der Waals surface area contributed by atoms with Crippen LogP contribution >= 0.6 is 0 Å². The van der Waals surface area contributed by atoms with Gasteiger partial charge in [-0.1, -0.05) is 26.2 Å². The quantitative estimate of drug-likeness (QED) is 0.315. The number of carbonyl (C=O) groups excluding carboxylic acids is 2. The lowest BCUT2D eigenvalue weighted by Crippen LogP contribution is -2.09. The van der Waals surface area contributed by atoms with Crippen molar-refractivity contribution in [3.63, 3.8) is 0 Å². The van der Waals surface area contributed by atoms with Crippen LogP contribution in [0, 0.1) is 0 Å². The molecule has 0 rings (SSSR count). The molecule has 3 heteroatoms. The molecule has 0 amide bonds. The second-order valence-electron chi connectivity index (χ2n) is 2.70. The minimum atomic E-state index is -0.481. The van der Waals surface area contributed by atoms with Crippen LogP contribution in [-0.4, -0.2) is 25.3 Å². The minimum absolute atomic E-state index is 0.0599. The van der Waals surface area contributed by atoms with Crippen LogP contribution in [0.5, 0.6) is 0 Å². The highest BCUT2D eigenvalue weighted by atomic mass is 16.5. The molecule has 0 aromatic heterocycles. The summed E-state index contributed by atoms with van der Waals surface area (Å²) in [5.74, 6) is -0.481. The van der Waals surface area contributed by atoms with Crippen molar-refractivity contribution >= 4 is 12.1 Å². The summed E-state index contributed by atoms with van der Waals surface area (Å²) in [7, 11) is 0. The van der Waals surface area contributed by atoms with E-state index in [1.807, 2.05) is 0 Å². The van der Waals surface area contributed by atoms with Crippen molar-refractivity contribution in [1.29, 1.82) is 0 Å². The van der Waals surface area contributed by atoms with E-state index in [4.69, 9.17) is 4.74 Å². The van der Waals surface area contributed by atoms with Crippen molar-refractivity contribution in [3.8, 4) is 0 Å². The Balaban J connectivity index is 3.00. The van der Waals surface area contributed by atoms with Crippen molar-refractivity contribution < 1.29 is 14.3 Å². The van der Waals surface area contributed by atoms with Gasteiger partial charge in [0.25, 0.3) is 0 Å². The van der Waals surface area contributed by atoms with Crippen LogP contribution in [0.3, 0.4) is 0 Å². The van der Waals surface area contributed by atoms with Crippen LogP contribution in [-0.2, 0) is 14.3 Å². The lowest BCUT2D eigenvalue weighted by Gasteiger charge is -1.99. The molecule has 3 nitrogen and oxygen atoms in total. The maximum atomic E-state index is 10.4. The first-order valence-electron chi connectivity index (χ1n) is 4.37. The largest absolute Gasteiger partial charge is 0.373 e. The standard InChI is InChI=1S/C9H16O3/c1-2-3-4-5-6-12-8-9(11)7-10/h7H,2-6,8H2,1H3. The zero-order valence-electron chi connectivity index (χ0n) is 7.54. The highest BCUT2D eigenvalue weighted by Gasteiger charge is 1.97. The second-order valence-corrected chi connectivity index (χ2v) is 2.70. The average molecular weight is 172 g/mol. The summed E-state index contributed by atoms with van der Waals surface area (Å²) in [6, 6.07) is 0. The molecule has 0 heterocycles. The molecule has 0 radical (unpaired) electrons. The molecule has 0 aliphatic carbocycles. The fourth-order valence-corrected chi connectivity index (χ4v) is 0.838. The SMILES string of the molecule is CCCCCCOCC(=O)C=O. The van der Waals surface area contributed by atoms with Gasteiger partial charge in [-0.3, -0.25) is 9.59 Å². The van der Waals surface area contributed by atoms with E-state index in [-0.39, 0.29) is 6.61 Å². The van der Waals surface area contributed by atoms with Gasteiger partial charge in [-0.15, -0.1) is 0 Å². The van der Waals surface area contributed by atoms with Crippen LogP contribution in [0.1, 0.15) is 32.6 Å². The highest BCUT2D eigenvalue weighted by molar-refractivity contribution is 6.25. The Bertz CT molecular complexity index is 132. The molecule has 0 bridgehead atoms. The summed E-state index contributed by atoms with van der Waals surface area (Å²) in [6.45, 7) is 2.66. The van der Waals surface area contributed by atoms with Crippen molar-refractivity contribution in [2.24, 2.45) is 0 Å². The van der Waals surface area contributed by atoms with E-state index in [0.717, 1.165) is 12.8 Å². The molecular weight excluding hydrogens is 156 g/mol. The zero-order valence-corrected chi connectivity index (χ0v) is 7.54.